The summed E-state index contributed by atoms with van der Waals surface area (Å²) in [6.07, 6.45) is 2.61. The Kier molecular flexibility index (Phi) is 3.12. The van der Waals surface area contributed by atoms with Crippen LogP contribution in [0.4, 0.5) is 0 Å². The summed E-state index contributed by atoms with van der Waals surface area (Å²) < 4.78 is 1.41. The largest absolute Gasteiger partial charge is 0.310 e. The van der Waals surface area contributed by atoms with E-state index < -0.39 is 0 Å². The highest BCUT2D eigenvalue weighted by atomic mass is 127. The van der Waals surface area contributed by atoms with Crippen LogP contribution >= 0.6 is 22.6 Å². The van der Waals surface area contributed by atoms with Gasteiger partial charge >= 0.3 is 0 Å². The second kappa shape index (κ2) is 4.19. The van der Waals surface area contributed by atoms with Gasteiger partial charge in [0.2, 0.25) is 0 Å². The Morgan fingerprint density at radius 1 is 1.29 bits per heavy atom. The monoisotopic (exact) mass is 301 g/mol. The summed E-state index contributed by atoms with van der Waals surface area (Å²) in [6.45, 7) is 5.58. The fourth-order valence-corrected chi connectivity index (χ4v) is 2.46. The van der Waals surface area contributed by atoms with Crippen LogP contribution in [0.5, 0.6) is 0 Å². The number of halogens is 1. The van der Waals surface area contributed by atoms with Crippen molar-refractivity contribution in [2.45, 2.75) is 32.7 Å². The van der Waals surface area contributed by atoms with E-state index in [0.29, 0.717) is 6.04 Å². The lowest BCUT2D eigenvalue weighted by Gasteiger charge is -2.14. The number of rotatable bonds is 1. The van der Waals surface area contributed by atoms with Crippen LogP contribution < -0.4 is 5.32 Å². The van der Waals surface area contributed by atoms with Crippen LogP contribution in [0.25, 0.3) is 0 Å². The van der Waals surface area contributed by atoms with Gasteiger partial charge in [0, 0.05) is 9.61 Å². The smallest absolute Gasteiger partial charge is 0.0320 e. The summed E-state index contributed by atoms with van der Waals surface area (Å²) >= 11 is 2.43. The Bertz CT molecular complexity index is 317. The number of aryl methyl sites for hydroxylation is 2. The van der Waals surface area contributed by atoms with Crippen LogP contribution in [0.15, 0.2) is 12.1 Å². The van der Waals surface area contributed by atoms with Crippen molar-refractivity contribution >= 4 is 22.6 Å². The predicted molar refractivity (Wildman–Crippen MR) is 68.6 cm³/mol. The second-order valence-electron chi connectivity index (χ2n) is 4.12. The summed E-state index contributed by atoms with van der Waals surface area (Å²) in [5, 5.41) is 3.54. The third-order valence-corrected chi connectivity index (χ3v) is 4.62. The van der Waals surface area contributed by atoms with Gasteiger partial charge in [-0.2, -0.15) is 0 Å². The molecule has 1 aliphatic heterocycles. The van der Waals surface area contributed by atoms with Crippen molar-refractivity contribution in [1.29, 1.82) is 0 Å². The Morgan fingerprint density at radius 2 is 1.93 bits per heavy atom. The standard InChI is InChI=1S/C12H16IN/c1-8-6-10(7-9(2)12(8)13)11-4-3-5-14-11/h6-7,11,14H,3-5H2,1-2H3. The minimum Gasteiger partial charge on any atom is -0.310 e. The van der Waals surface area contributed by atoms with Gasteiger partial charge < -0.3 is 5.32 Å². The third kappa shape index (κ3) is 1.96. The summed E-state index contributed by atoms with van der Waals surface area (Å²) in [5.74, 6) is 0. The van der Waals surface area contributed by atoms with Gasteiger partial charge in [-0.25, -0.2) is 0 Å². The third-order valence-electron chi connectivity index (χ3n) is 2.92. The highest BCUT2D eigenvalue weighted by Crippen LogP contribution is 2.27. The summed E-state index contributed by atoms with van der Waals surface area (Å²) in [4.78, 5) is 0. The minimum atomic E-state index is 0.601. The molecule has 0 amide bonds. The Morgan fingerprint density at radius 3 is 2.43 bits per heavy atom. The number of nitrogens with one attached hydrogen (secondary N) is 1. The van der Waals surface area contributed by atoms with E-state index in [1.54, 1.807) is 0 Å². The molecule has 1 aliphatic rings. The molecule has 14 heavy (non-hydrogen) atoms. The molecule has 1 N–H and O–H groups in total. The van der Waals surface area contributed by atoms with Crippen molar-refractivity contribution in [3.05, 3.63) is 32.4 Å². The number of hydrogen-bond donors (Lipinski definition) is 1. The van der Waals surface area contributed by atoms with E-state index in [1.165, 1.54) is 39.6 Å². The van der Waals surface area contributed by atoms with E-state index in [-0.39, 0.29) is 0 Å². The molecule has 0 spiro atoms. The van der Waals surface area contributed by atoms with Crippen molar-refractivity contribution in [2.75, 3.05) is 6.54 Å². The summed E-state index contributed by atoms with van der Waals surface area (Å²) in [5.41, 5.74) is 4.29. The molecular weight excluding hydrogens is 285 g/mol. The first kappa shape index (κ1) is 10.4. The molecule has 1 aromatic rings. The first-order chi connectivity index (χ1) is 6.68. The van der Waals surface area contributed by atoms with Gasteiger partial charge in [-0.1, -0.05) is 12.1 Å². The molecule has 2 rings (SSSR count). The van der Waals surface area contributed by atoms with Gasteiger partial charge in [-0.3, -0.25) is 0 Å². The highest BCUT2D eigenvalue weighted by Gasteiger charge is 2.17. The van der Waals surface area contributed by atoms with Gasteiger partial charge in [-0.15, -0.1) is 0 Å². The summed E-state index contributed by atoms with van der Waals surface area (Å²) in [7, 11) is 0. The van der Waals surface area contributed by atoms with Gasteiger partial charge in [0.05, 0.1) is 0 Å². The quantitative estimate of drug-likeness (QED) is 0.785. The molecule has 76 valence electrons. The fourth-order valence-electron chi connectivity index (χ4n) is 2.15. The predicted octanol–water partition coefficient (Wildman–Crippen LogP) is 3.33. The molecule has 0 bridgehead atoms. The Hall–Kier alpha value is -0.0900. The molecule has 1 fully saturated rings. The zero-order valence-electron chi connectivity index (χ0n) is 8.73. The van der Waals surface area contributed by atoms with E-state index in [4.69, 9.17) is 0 Å². The van der Waals surface area contributed by atoms with Crippen LogP contribution in [0.1, 0.15) is 35.6 Å². The maximum atomic E-state index is 3.54. The van der Waals surface area contributed by atoms with Gasteiger partial charge in [0.1, 0.15) is 0 Å². The van der Waals surface area contributed by atoms with E-state index in [1.807, 2.05) is 0 Å². The Labute approximate surface area is 99.4 Å². The molecule has 1 aromatic carbocycles. The van der Waals surface area contributed by atoms with Crippen molar-refractivity contribution in [3.8, 4) is 0 Å². The van der Waals surface area contributed by atoms with Crippen molar-refractivity contribution in [3.63, 3.8) is 0 Å². The zero-order chi connectivity index (χ0) is 10.1. The van der Waals surface area contributed by atoms with E-state index in [0.717, 1.165) is 0 Å². The van der Waals surface area contributed by atoms with Crippen molar-refractivity contribution in [1.82, 2.24) is 5.32 Å². The van der Waals surface area contributed by atoms with Crippen LogP contribution in [-0.4, -0.2) is 6.54 Å². The van der Waals surface area contributed by atoms with Crippen LogP contribution in [0, 0.1) is 17.4 Å². The molecule has 1 unspecified atom stereocenters. The fraction of sp³-hybridized carbons (Fsp3) is 0.500. The first-order valence-electron chi connectivity index (χ1n) is 5.18. The molecule has 0 aliphatic carbocycles. The average Bonchev–Trinajstić information content (AvgIpc) is 2.66. The highest BCUT2D eigenvalue weighted by molar-refractivity contribution is 14.1. The minimum absolute atomic E-state index is 0.601. The molecule has 0 saturated carbocycles. The van der Waals surface area contributed by atoms with E-state index in [2.05, 4.69) is 53.9 Å². The lowest BCUT2D eigenvalue weighted by Crippen LogP contribution is -2.13. The van der Waals surface area contributed by atoms with E-state index >= 15 is 0 Å². The maximum Gasteiger partial charge on any atom is 0.0320 e. The van der Waals surface area contributed by atoms with Gasteiger partial charge in [0.15, 0.2) is 0 Å². The van der Waals surface area contributed by atoms with Crippen LogP contribution in [-0.2, 0) is 0 Å². The molecule has 0 radical (unpaired) electrons. The lowest BCUT2D eigenvalue weighted by molar-refractivity contribution is 0.646. The first-order valence-corrected chi connectivity index (χ1v) is 6.26. The molecule has 1 atom stereocenters. The van der Waals surface area contributed by atoms with Crippen LogP contribution in [0.3, 0.4) is 0 Å². The topological polar surface area (TPSA) is 12.0 Å². The Balaban J connectivity index is 2.34. The van der Waals surface area contributed by atoms with Crippen molar-refractivity contribution in [2.24, 2.45) is 0 Å². The summed E-state index contributed by atoms with van der Waals surface area (Å²) in [6, 6.07) is 5.26. The van der Waals surface area contributed by atoms with E-state index in [9.17, 15) is 0 Å². The number of benzene rings is 1. The van der Waals surface area contributed by atoms with Crippen LogP contribution in [0.2, 0.25) is 0 Å². The molecule has 2 heteroatoms. The van der Waals surface area contributed by atoms with Gasteiger partial charge in [-0.05, 0) is 72.5 Å². The lowest BCUT2D eigenvalue weighted by atomic mass is 10.0. The molecular formula is C12H16IN. The van der Waals surface area contributed by atoms with Crippen molar-refractivity contribution < 1.29 is 0 Å². The normalized spacial score (nSPS) is 21.5. The molecule has 1 saturated heterocycles. The molecule has 1 heterocycles. The second-order valence-corrected chi connectivity index (χ2v) is 5.20. The average molecular weight is 301 g/mol. The maximum absolute atomic E-state index is 3.54. The molecule has 1 nitrogen and oxygen atoms in total. The SMILES string of the molecule is Cc1cc(C2CCCN2)cc(C)c1I. The zero-order valence-corrected chi connectivity index (χ0v) is 10.9. The van der Waals surface area contributed by atoms with Gasteiger partial charge in [0.25, 0.3) is 0 Å². The number of hydrogen-bond acceptors (Lipinski definition) is 1. The molecule has 0 aromatic heterocycles.